The second-order valence-electron chi connectivity index (χ2n) is 6.83. The number of aromatic nitrogens is 1. The molecule has 0 spiro atoms. The normalized spacial score (nSPS) is 16.6. The van der Waals surface area contributed by atoms with Crippen LogP contribution in [0.15, 0.2) is 48.5 Å². The molecule has 4 rings (SSSR count). The molecule has 0 radical (unpaired) electrons. The molecule has 3 aromatic rings. The van der Waals surface area contributed by atoms with E-state index in [-0.39, 0.29) is 12.0 Å². The van der Waals surface area contributed by atoms with E-state index in [4.69, 9.17) is 21.3 Å². The molecule has 4 nitrogen and oxygen atoms in total. The molecule has 1 fully saturated rings. The maximum Gasteiger partial charge on any atom is 0.252 e. The Morgan fingerprint density at radius 2 is 2.11 bits per heavy atom. The van der Waals surface area contributed by atoms with E-state index >= 15 is 0 Å². The second kappa shape index (κ2) is 7.67. The van der Waals surface area contributed by atoms with E-state index in [1.807, 2.05) is 55.5 Å². The van der Waals surface area contributed by atoms with Crippen molar-refractivity contribution in [3.63, 3.8) is 0 Å². The minimum absolute atomic E-state index is 0.0927. The van der Waals surface area contributed by atoms with Gasteiger partial charge in [0.1, 0.15) is 0 Å². The third-order valence-electron chi connectivity index (χ3n) is 4.98. The second-order valence-corrected chi connectivity index (χ2v) is 7.27. The Balaban J connectivity index is 1.77. The molecule has 1 N–H and O–H groups in total. The van der Waals surface area contributed by atoms with Crippen molar-refractivity contribution in [3.8, 4) is 11.3 Å². The van der Waals surface area contributed by atoms with Gasteiger partial charge in [0.15, 0.2) is 0 Å². The summed E-state index contributed by atoms with van der Waals surface area (Å²) in [6.07, 6.45) is 2.15. The predicted octanol–water partition coefficient (Wildman–Crippen LogP) is 4.77. The number of pyridine rings is 1. The van der Waals surface area contributed by atoms with E-state index in [0.29, 0.717) is 17.1 Å². The molecule has 5 heteroatoms. The highest BCUT2D eigenvalue weighted by molar-refractivity contribution is 6.30. The third-order valence-corrected chi connectivity index (χ3v) is 5.21. The SMILES string of the molecule is Cc1c(-c2cccc(Cl)c2)nc2ccccc2c1C(=O)NC[C@@H]1CCCO1. The van der Waals surface area contributed by atoms with Gasteiger partial charge >= 0.3 is 0 Å². The Bertz CT molecular complexity index is 997. The Morgan fingerprint density at radius 3 is 2.89 bits per heavy atom. The number of fused-ring (bicyclic) bond motifs is 1. The van der Waals surface area contributed by atoms with Gasteiger partial charge in [-0.05, 0) is 43.5 Å². The Labute approximate surface area is 163 Å². The van der Waals surface area contributed by atoms with Crippen molar-refractivity contribution in [3.05, 3.63) is 64.7 Å². The molecule has 1 saturated heterocycles. The molecular weight excluding hydrogens is 360 g/mol. The molecule has 1 aromatic heterocycles. The Hall–Kier alpha value is -2.43. The van der Waals surface area contributed by atoms with Crippen LogP contribution in [0.1, 0.15) is 28.8 Å². The standard InChI is InChI=1S/C22H21ClN2O2/c1-14-20(22(26)24-13-17-8-5-11-27-17)18-9-2-3-10-19(18)25-21(14)15-6-4-7-16(23)12-15/h2-4,6-7,9-10,12,17H,5,8,11,13H2,1H3,(H,24,26)/t17-/m0/s1. The number of nitrogens with one attached hydrogen (secondary N) is 1. The molecule has 2 heterocycles. The van der Waals surface area contributed by atoms with Crippen LogP contribution in [0, 0.1) is 6.92 Å². The first-order valence-corrected chi connectivity index (χ1v) is 9.56. The number of rotatable bonds is 4. The van der Waals surface area contributed by atoms with E-state index in [9.17, 15) is 4.79 Å². The van der Waals surface area contributed by atoms with Gasteiger partial charge < -0.3 is 10.1 Å². The molecular formula is C22H21ClN2O2. The van der Waals surface area contributed by atoms with Crippen LogP contribution in [-0.2, 0) is 4.74 Å². The van der Waals surface area contributed by atoms with Gasteiger partial charge in [0, 0.05) is 29.1 Å². The maximum absolute atomic E-state index is 13.1. The summed E-state index contributed by atoms with van der Waals surface area (Å²) in [4.78, 5) is 17.9. The van der Waals surface area contributed by atoms with Gasteiger partial charge in [0.2, 0.25) is 0 Å². The number of hydrogen-bond acceptors (Lipinski definition) is 3. The molecule has 1 aliphatic rings. The van der Waals surface area contributed by atoms with Crippen molar-refractivity contribution in [2.75, 3.05) is 13.2 Å². The van der Waals surface area contributed by atoms with Gasteiger partial charge in [0.25, 0.3) is 5.91 Å². The topological polar surface area (TPSA) is 51.2 Å². The summed E-state index contributed by atoms with van der Waals surface area (Å²) in [5, 5.41) is 4.54. The van der Waals surface area contributed by atoms with Crippen molar-refractivity contribution in [1.29, 1.82) is 0 Å². The lowest BCUT2D eigenvalue weighted by Gasteiger charge is -2.16. The minimum Gasteiger partial charge on any atom is -0.376 e. The van der Waals surface area contributed by atoms with Gasteiger partial charge in [-0.25, -0.2) is 4.98 Å². The zero-order valence-corrected chi connectivity index (χ0v) is 15.9. The fourth-order valence-corrected chi connectivity index (χ4v) is 3.81. The van der Waals surface area contributed by atoms with Crippen molar-refractivity contribution in [2.24, 2.45) is 0 Å². The number of halogens is 1. The highest BCUT2D eigenvalue weighted by atomic mass is 35.5. The van der Waals surface area contributed by atoms with E-state index in [2.05, 4.69) is 5.32 Å². The van der Waals surface area contributed by atoms with Crippen molar-refractivity contribution >= 4 is 28.4 Å². The lowest BCUT2D eigenvalue weighted by Crippen LogP contribution is -2.32. The van der Waals surface area contributed by atoms with Crippen LogP contribution in [0.25, 0.3) is 22.2 Å². The largest absolute Gasteiger partial charge is 0.376 e. The molecule has 0 unspecified atom stereocenters. The minimum atomic E-state index is -0.0927. The van der Waals surface area contributed by atoms with E-state index < -0.39 is 0 Å². The number of benzene rings is 2. The average molecular weight is 381 g/mol. The van der Waals surface area contributed by atoms with Crippen molar-refractivity contribution in [1.82, 2.24) is 10.3 Å². The maximum atomic E-state index is 13.1. The number of hydrogen-bond donors (Lipinski definition) is 1. The first kappa shape index (κ1) is 18.0. The quantitative estimate of drug-likeness (QED) is 0.709. The van der Waals surface area contributed by atoms with Crippen LogP contribution in [-0.4, -0.2) is 30.1 Å². The smallest absolute Gasteiger partial charge is 0.252 e. The first-order valence-electron chi connectivity index (χ1n) is 9.18. The Morgan fingerprint density at radius 1 is 1.26 bits per heavy atom. The molecule has 1 aliphatic heterocycles. The summed E-state index contributed by atoms with van der Waals surface area (Å²) in [6.45, 7) is 3.24. The molecule has 27 heavy (non-hydrogen) atoms. The van der Waals surface area contributed by atoms with Crippen molar-refractivity contribution in [2.45, 2.75) is 25.9 Å². The number of amides is 1. The van der Waals surface area contributed by atoms with Crippen LogP contribution in [0.5, 0.6) is 0 Å². The van der Waals surface area contributed by atoms with E-state index in [1.165, 1.54) is 0 Å². The third kappa shape index (κ3) is 3.68. The highest BCUT2D eigenvalue weighted by Gasteiger charge is 2.21. The van der Waals surface area contributed by atoms with Gasteiger partial charge in [0.05, 0.1) is 22.9 Å². The summed E-state index contributed by atoms with van der Waals surface area (Å²) in [7, 11) is 0. The molecule has 0 aliphatic carbocycles. The summed E-state index contributed by atoms with van der Waals surface area (Å²) >= 11 is 6.17. The summed E-state index contributed by atoms with van der Waals surface area (Å²) < 4.78 is 5.62. The number of ether oxygens (including phenoxy) is 1. The summed E-state index contributed by atoms with van der Waals surface area (Å²) in [5.41, 5.74) is 3.98. The zero-order chi connectivity index (χ0) is 18.8. The summed E-state index contributed by atoms with van der Waals surface area (Å²) in [6, 6.07) is 15.3. The Kier molecular flexibility index (Phi) is 5.10. The number of para-hydroxylation sites is 1. The first-order chi connectivity index (χ1) is 13.1. The van der Waals surface area contributed by atoms with Gasteiger partial charge in [-0.1, -0.05) is 41.9 Å². The number of carbonyl (C=O) groups excluding carboxylic acids is 1. The highest BCUT2D eigenvalue weighted by Crippen LogP contribution is 2.30. The molecule has 1 atom stereocenters. The predicted molar refractivity (Wildman–Crippen MR) is 108 cm³/mol. The fraction of sp³-hybridized carbons (Fsp3) is 0.273. The molecule has 2 aromatic carbocycles. The van der Waals surface area contributed by atoms with Crippen LogP contribution in [0.2, 0.25) is 5.02 Å². The molecule has 1 amide bonds. The van der Waals surface area contributed by atoms with Crippen LogP contribution in [0.4, 0.5) is 0 Å². The lowest BCUT2D eigenvalue weighted by molar-refractivity contribution is 0.0858. The van der Waals surface area contributed by atoms with Gasteiger partial charge in [-0.2, -0.15) is 0 Å². The van der Waals surface area contributed by atoms with Crippen LogP contribution < -0.4 is 5.32 Å². The lowest BCUT2D eigenvalue weighted by atomic mass is 9.97. The monoisotopic (exact) mass is 380 g/mol. The van der Waals surface area contributed by atoms with Gasteiger partial charge in [-0.3, -0.25) is 4.79 Å². The average Bonchev–Trinajstić information content (AvgIpc) is 3.19. The molecule has 138 valence electrons. The van der Waals surface area contributed by atoms with Gasteiger partial charge in [-0.15, -0.1) is 0 Å². The van der Waals surface area contributed by atoms with E-state index in [0.717, 1.165) is 47.2 Å². The number of carbonyl (C=O) groups is 1. The zero-order valence-electron chi connectivity index (χ0n) is 15.2. The fourth-order valence-electron chi connectivity index (χ4n) is 3.62. The van der Waals surface area contributed by atoms with Crippen LogP contribution in [0.3, 0.4) is 0 Å². The number of nitrogens with zero attached hydrogens (tertiary/aromatic N) is 1. The summed E-state index contributed by atoms with van der Waals surface area (Å²) in [5.74, 6) is -0.0927. The molecule has 0 bridgehead atoms. The van der Waals surface area contributed by atoms with Crippen LogP contribution >= 0.6 is 11.6 Å². The molecule has 0 saturated carbocycles. The van der Waals surface area contributed by atoms with Crippen molar-refractivity contribution < 1.29 is 9.53 Å². The van der Waals surface area contributed by atoms with E-state index in [1.54, 1.807) is 0 Å².